The van der Waals surface area contributed by atoms with E-state index in [2.05, 4.69) is 67.8 Å². The topological polar surface area (TPSA) is 44.6 Å². The molecule has 1 unspecified atom stereocenters. The molecule has 0 aliphatic carbocycles. The van der Waals surface area contributed by atoms with Gasteiger partial charge in [-0.05, 0) is 36.6 Å². The van der Waals surface area contributed by atoms with Gasteiger partial charge in [0.05, 0.1) is 0 Å². The molecule has 1 fully saturated rings. The molecular formula is C19H28IN5. The van der Waals surface area contributed by atoms with E-state index in [4.69, 9.17) is 0 Å². The smallest absolute Gasteiger partial charge is 0.191 e. The summed E-state index contributed by atoms with van der Waals surface area (Å²) < 4.78 is 2.16. The van der Waals surface area contributed by atoms with E-state index in [0.717, 1.165) is 38.7 Å². The van der Waals surface area contributed by atoms with Gasteiger partial charge in [-0.2, -0.15) is 0 Å². The molecule has 25 heavy (non-hydrogen) atoms. The van der Waals surface area contributed by atoms with Crippen LogP contribution in [0.25, 0.3) is 0 Å². The van der Waals surface area contributed by atoms with Crippen molar-refractivity contribution >= 4 is 35.6 Å². The maximum atomic E-state index is 4.32. The van der Waals surface area contributed by atoms with Gasteiger partial charge in [0, 0.05) is 57.9 Å². The summed E-state index contributed by atoms with van der Waals surface area (Å²) in [6.45, 7) is 5.02. The third-order valence-corrected chi connectivity index (χ3v) is 4.52. The molecular weight excluding hydrogens is 425 g/mol. The summed E-state index contributed by atoms with van der Waals surface area (Å²) in [6, 6.07) is 14.8. The van der Waals surface area contributed by atoms with Gasteiger partial charge in [0.15, 0.2) is 5.96 Å². The zero-order valence-corrected chi connectivity index (χ0v) is 17.1. The maximum Gasteiger partial charge on any atom is 0.191 e. The second kappa shape index (κ2) is 10.3. The van der Waals surface area contributed by atoms with Crippen molar-refractivity contribution < 1.29 is 0 Å². The first-order chi connectivity index (χ1) is 11.8. The maximum absolute atomic E-state index is 4.32. The molecule has 0 amide bonds. The van der Waals surface area contributed by atoms with E-state index in [1.54, 1.807) is 0 Å². The normalized spacial score (nSPS) is 17.2. The largest absolute Gasteiger partial charge is 0.371 e. The van der Waals surface area contributed by atoms with Crippen LogP contribution in [-0.4, -0.2) is 43.8 Å². The first kappa shape index (κ1) is 19.6. The van der Waals surface area contributed by atoms with Crippen LogP contribution in [-0.2, 0) is 6.54 Å². The standard InChI is InChI=1S/C19H27N5.HI/c1-20-19(21-10-14-23-11-5-6-12-23)22-15-17-9-13-24(16-17)18-7-3-2-4-8-18;/h2-8,11-12,17H,9-10,13-16H2,1H3,(H2,20,21,22);1H. The predicted molar refractivity (Wildman–Crippen MR) is 116 cm³/mol. The molecule has 5 nitrogen and oxygen atoms in total. The van der Waals surface area contributed by atoms with Crippen molar-refractivity contribution in [2.45, 2.75) is 13.0 Å². The monoisotopic (exact) mass is 453 g/mol. The fraction of sp³-hybridized carbons (Fsp3) is 0.421. The van der Waals surface area contributed by atoms with Crippen molar-refractivity contribution in [3.05, 3.63) is 54.9 Å². The number of hydrogen-bond acceptors (Lipinski definition) is 2. The molecule has 6 heteroatoms. The average molecular weight is 453 g/mol. The SMILES string of the molecule is CN=C(NCCn1cccc1)NCC1CCN(c2ccccc2)C1.I. The number of guanidine groups is 1. The van der Waals surface area contributed by atoms with Crippen molar-refractivity contribution in [2.24, 2.45) is 10.9 Å². The zero-order valence-electron chi connectivity index (χ0n) is 14.8. The lowest BCUT2D eigenvalue weighted by Gasteiger charge is -2.19. The van der Waals surface area contributed by atoms with Crippen molar-refractivity contribution in [3.8, 4) is 0 Å². The molecule has 0 saturated carbocycles. The molecule has 2 heterocycles. The van der Waals surface area contributed by atoms with Gasteiger partial charge in [0.25, 0.3) is 0 Å². The number of halogens is 1. The highest BCUT2D eigenvalue weighted by Crippen LogP contribution is 2.22. The highest BCUT2D eigenvalue weighted by Gasteiger charge is 2.22. The van der Waals surface area contributed by atoms with Gasteiger partial charge in [-0.1, -0.05) is 18.2 Å². The summed E-state index contributed by atoms with van der Waals surface area (Å²) in [5.74, 6) is 1.55. The van der Waals surface area contributed by atoms with E-state index >= 15 is 0 Å². The molecule has 1 aromatic heterocycles. The second-order valence-corrected chi connectivity index (χ2v) is 6.24. The number of para-hydroxylation sites is 1. The molecule has 2 aromatic rings. The van der Waals surface area contributed by atoms with Crippen molar-refractivity contribution in [1.82, 2.24) is 15.2 Å². The Kier molecular flexibility index (Phi) is 8.11. The van der Waals surface area contributed by atoms with Crippen molar-refractivity contribution in [2.75, 3.05) is 38.1 Å². The van der Waals surface area contributed by atoms with E-state index < -0.39 is 0 Å². The number of aromatic nitrogens is 1. The summed E-state index contributed by atoms with van der Waals surface area (Å²) in [6.07, 6.45) is 5.38. The van der Waals surface area contributed by atoms with E-state index in [1.165, 1.54) is 12.1 Å². The van der Waals surface area contributed by atoms with E-state index in [9.17, 15) is 0 Å². The number of benzene rings is 1. The van der Waals surface area contributed by atoms with Gasteiger partial charge < -0.3 is 20.1 Å². The van der Waals surface area contributed by atoms with Crippen LogP contribution in [0.5, 0.6) is 0 Å². The molecule has 0 radical (unpaired) electrons. The number of nitrogens with one attached hydrogen (secondary N) is 2. The first-order valence-electron chi connectivity index (χ1n) is 8.70. The van der Waals surface area contributed by atoms with Gasteiger partial charge in [-0.15, -0.1) is 24.0 Å². The number of aliphatic imine (C=N–C) groups is 1. The molecule has 2 N–H and O–H groups in total. The Morgan fingerprint density at radius 3 is 2.60 bits per heavy atom. The Bertz CT molecular complexity index is 627. The number of rotatable bonds is 6. The van der Waals surface area contributed by atoms with Gasteiger partial charge in [-0.25, -0.2) is 0 Å². The third kappa shape index (κ3) is 5.95. The molecule has 3 rings (SSSR count). The first-order valence-corrected chi connectivity index (χ1v) is 8.70. The van der Waals surface area contributed by atoms with E-state index in [0.29, 0.717) is 5.92 Å². The minimum Gasteiger partial charge on any atom is -0.371 e. The van der Waals surface area contributed by atoms with Crippen LogP contribution in [0.4, 0.5) is 5.69 Å². The van der Waals surface area contributed by atoms with Crippen LogP contribution >= 0.6 is 24.0 Å². The van der Waals surface area contributed by atoms with Crippen LogP contribution in [0.3, 0.4) is 0 Å². The number of hydrogen-bond donors (Lipinski definition) is 2. The summed E-state index contributed by atoms with van der Waals surface area (Å²) in [5.41, 5.74) is 1.33. The summed E-state index contributed by atoms with van der Waals surface area (Å²) in [7, 11) is 1.83. The summed E-state index contributed by atoms with van der Waals surface area (Å²) in [4.78, 5) is 6.78. The molecule has 1 aliphatic rings. The molecule has 1 saturated heterocycles. The molecule has 136 valence electrons. The summed E-state index contributed by atoms with van der Waals surface area (Å²) >= 11 is 0. The van der Waals surface area contributed by atoms with E-state index in [1.807, 2.05) is 19.2 Å². The minimum absolute atomic E-state index is 0. The van der Waals surface area contributed by atoms with Crippen molar-refractivity contribution in [3.63, 3.8) is 0 Å². The Morgan fingerprint density at radius 1 is 1.12 bits per heavy atom. The minimum atomic E-state index is 0. The third-order valence-electron chi connectivity index (χ3n) is 4.52. The highest BCUT2D eigenvalue weighted by molar-refractivity contribution is 14.0. The number of anilines is 1. The Morgan fingerprint density at radius 2 is 1.88 bits per heavy atom. The lowest BCUT2D eigenvalue weighted by atomic mass is 10.1. The zero-order chi connectivity index (χ0) is 16.6. The molecule has 1 atom stereocenters. The molecule has 1 aromatic carbocycles. The van der Waals surface area contributed by atoms with Gasteiger partial charge in [0.1, 0.15) is 0 Å². The van der Waals surface area contributed by atoms with Crippen LogP contribution < -0.4 is 15.5 Å². The molecule has 1 aliphatic heterocycles. The average Bonchev–Trinajstić information content (AvgIpc) is 3.30. The quantitative estimate of drug-likeness (QED) is 0.402. The number of nitrogens with zero attached hydrogens (tertiary/aromatic N) is 3. The van der Waals surface area contributed by atoms with Crippen LogP contribution in [0.15, 0.2) is 59.9 Å². The van der Waals surface area contributed by atoms with E-state index in [-0.39, 0.29) is 24.0 Å². The van der Waals surface area contributed by atoms with Crippen LogP contribution in [0.2, 0.25) is 0 Å². The highest BCUT2D eigenvalue weighted by atomic mass is 127. The fourth-order valence-electron chi connectivity index (χ4n) is 3.16. The van der Waals surface area contributed by atoms with Gasteiger partial charge in [0.2, 0.25) is 0 Å². The summed E-state index contributed by atoms with van der Waals surface area (Å²) in [5, 5.41) is 6.85. The Hall–Kier alpha value is -1.70. The fourth-order valence-corrected chi connectivity index (χ4v) is 3.16. The molecule has 0 spiro atoms. The Balaban J connectivity index is 0.00000225. The Labute approximate surface area is 167 Å². The lowest BCUT2D eigenvalue weighted by Crippen LogP contribution is -2.41. The van der Waals surface area contributed by atoms with Gasteiger partial charge >= 0.3 is 0 Å². The van der Waals surface area contributed by atoms with Crippen LogP contribution in [0.1, 0.15) is 6.42 Å². The predicted octanol–water partition coefficient (Wildman–Crippen LogP) is 2.80. The lowest BCUT2D eigenvalue weighted by molar-refractivity contribution is 0.563. The van der Waals surface area contributed by atoms with Gasteiger partial charge in [-0.3, -0.25) is 4.99 Å². The molecule has 0 bridgehead atoms. The van der Waals surface area contributed by atoms with Crippen molar-refractivity contribution in [1.29, 1.82) is 0 Å². The van der Waals surface area contributed by atoms with Crippen LogP contribution in [0, 0.1) is 5.92 Å². The second-order valence-electron chi connectivity index (χ2n) is 6.24.